The van der Waals surface area contributed by atoms with E-state index in [0.717, 1.165) is 18.5 Å². The predicted octanol–water partition coefficient (Wildman–Crippen LogP) is 2.63. The van der Waals surface area contributed by atoms with Crippen LogP contribution in [-0.2, 0) is 6.54 Å². The van der Waals surface area contributed by atoms with Crippen LogP contribution in [0.2, 0.25) is 5.02 Å². The van der Waals surface area contributed by atoms with E-state index in [0.29, 0.717) is 24.0 Å². The van der Waals surface area contributed by atoms with Crippen molar-refractivity contribution in [1.29, 1.82) is 0 Å². The van der Waals surface area contributed by atoms with Gasteiger partial charge >= 0.3 is 6.09 Å². The lowest BCUT2D eigenvalue weighted by Gasteiger charge is -2.18. The van der Waals surface area contributed by atoms with Gasteiger partial charge in [0.2, 0.25) is 0 Å². The van der Waals surface area contributed by atoms with Crippen molar-refractivity contribution in [2.75, 3.05) is 6.54 Å². The van der Waals surface area contributed by atoms with Gasteiger partial charge in [0.05, 0.1) is 17.3 Å². The highest BCUT2D eigenvalue weighted by molar-refractivity contribution is 6.30. The van der Waals surface area contributed by atoms with E-state index in [-0.39, 0.29) is 0 Å². The fourth-order valence-corrected chi connectivity index (χ4v) is 1.63. The van der Waals surface area contributed by atoms with E-state index in [2.05, 4.69) is 4.98 Å². The quantitative estimate of drug-likeness (QED) is 0.880. The van der Waals surface area contributed by atoms with E-state index < -0.39 is 6.09 Å². The highest BCUT2D eigenvalue weighted by atomic mass is 35.5. The van der Waals surface area contributed by atoms with Crippen LogP contribution in [0.15, 0.2) is 18.3 Å². The Hall–Kier alpha value is -1.29. The maximum absolute atomic E-state index is 11.0. The Labute approximate surface area is 98.9 Å². The van der Waals surface area contributed by atoms with Crippen molar-refractivity contribution >= 4 is 17.7 Å². The Bertz CT molecular complexity index is 376. The number of nitrogens with zero attached hydrogens (tertiary/aromatic N) is 2. The van der Waals surface area contributed by atoms with E-state index in [4.69, 9.17) is 16.7 Å². The highest BCUT2D eigenvalue weighted by Gasteiger charge is 2.26. The Balaban J connectivity index is 1.98. The van der Waals surface area contributed by atoms with Crippen molar-refractivity contribution in [3.8, 4) is 0 Å². The largest absolute Gasteiger partial charge is 0.465 e. The van der Waals surface area contributed by atoms with E-state index in [1.54, 1.807) is 12.1 Å². The number of carbonyl (C=O) groups is 1. The first-order chi connectivity index (χ1) is 7.65. The molecule has 0 atom stereocenters. The molecule has 0 aliphatic heterocycles. The molecule has 1 aliphatic carbocycles. The first kappa shape index (κ1) is 11.2. The van der Waals surface area contributed by atoms with Gasteiger partial charge in [-0.3, -0.25) is 4.98 Å². The number of amides is 1. The molecule has 1 fully saturated rings. The summed E-state index contributed by atoms with van der Waals surface area (Å²) >= 11 is 5.71. The molecule has 1 aliphatic rings. The molecule has 1 N–H and O–H groups in total. The molecule has 0 spiro atoms. The molecular weight excluding hydrogens is 228 g/mol. The summed E-state index contributed by atoms with van der Waals surface area (Å²) in [7, 11) is 0. The van der Waals surface area contributed by atoms with Crippen molar-refractivity contribution in [3.63, 3.8) is 0 Å². The van der Waals surface area contributed by atoms with E-state index >= 15 is 0 Å². The van der Waals surface area contributed by atoms with E-state index in [1.807, 2.05) is 0 Å². The van der Waals surface area contributed by atoms with Gasteiger partial charge in [-0.05, 0) is 30.9 Å². The van der Waals surface area contributed by atoms with E-state index in [1.165, 1.54) is 11.1 Å². The maximum atomic E-state index is 11.0. The average Bonchev–Trinajstić information content (AvgIpc) is 3.04. The van der Waals surface area contributed by atoms with Crippen molar-refractivity contribution in [3.05, 3.63) is 29.0 Å². The molecule has 1 aromatic heterocycles. The second-order valence-corrected chi connectivity index (χ2v) is 4.51. The maximum Gasteiger partial charge on any atom is 0.407 e. The van der Waals surface area contributed by atoms with Gasteiger partial charge in [-0.2, -0.15) is 0 Å². The molecule has 0 radical (unpaired) electrons. The topological polar surface area (TPSA) is 53.4 Å². The van der Waals surface area contributed by atoms with Crippen molar-refractivity contribution in [1.82, 2.24) is 9.88 Å². The molecule has 2 rings (SSSR count). The van der Waals surface area contributed by atoms with Gasteiger partial charge in [-0.15, -0.1) is 0 Å². The van der Waals surface area contributed by atoms with Gasteiger partial charge in [0.15, 0.2) is 0 Å². The molecule has 0 aromatic carbocycles. The Kier molecular flexibility index (Phi) is 3.29. The summed E-state index contributed by atoms with van der Waals surface area (Å²) < 4.78 is 0. The minimum Gasteiger partial charge on any atom is -0.465 e. The SMILES string of the molecule is O=C(O)N(Cc1ccc(Cl)cn1)CC1CC1. The zero-order chi connectivity index (χ0) is 11.5. The summed E-state index contributed by atoms with van der Waals surface area (Å²) in [4.78, 5) is 16.5. The molecule has 4 nitrogen and oxygen atoms in total. The van der Waals surface area contributed by atoms with Crippen LogP contribution in [0, 0.1) is 5.92 Å². The van der Waals surface area contributed by atoms with Crippen LogP contribution in [-0.4, -0.2) is 27.6 Å². The second-order valence-electron chi connectivity index (χ2n) is 4.07. The molecule has 0 unspecified atom stereocenters. The number of aromatic nitrogens is 1. The smallest absolute Gasteiger partial charge is 0.407 e. The molecule has 1 aromatic rings. The number of halogens is 1. The molecule has 0 bridgehead atoms. The van der Waals surface area contributed by atoms with Gasteiger partial charge in [-0.1, -0.05) is 11.6 Å². The summed E-state index contributed by atoms with van der Waals surface area (Å²) in [6, 6.07) is 3.48. The standard InChI is InChI=1S/C11H13ClN2O2/c12-9-3-4-10(13-5-9)7-14(11(15)16)6-8-1-2-8/h3-5,8H,1-2,6-7H2,(H,15,16). The Morgan fingerprint density at radius 2 is 2.31 bits per heavy atom. The molecule has 1 saturated carbocycles. The minimum absolute atomic E-state index is 0.336. The average molecular weight is 241 g/mol. The zero-order valence-electron chi connectivity index (χ0n) is 8.77. The first-order valence-electron chi connectivity index (χ1n) is 5.23. The molecule has 86 valence electrons. The number of pyridine rings is 1. The lowest BCUT2D eigenvalue weighted by atomic mass is 10.3. The van der Waals surface area contributed by atoms with Gasteiger partial charge in [0, 0.05) is 12.7 Å². The summed E-state index contributed by atoms with van der Waals surface area (Å²) in [5, 5.41) is 9.60. The van der Waals surface area contributed by atoms with Gasteiger partial charge in [0.1, 0.15) is 0 Å². The predicted molar refractivity (Wildman–Crippen MR) is 60.4 cm³/mol. The molecular formula is C11H13ClN2O2. The van der Waals surface area contributed by atoms with Crippen LogP contribution in [0.3, 0.4) is 0 Å². The number of carboxylic acid groups (broad SMARTS) is 1. The molecule has 5 heteroatoms. The molecule has 16 heavy (non-hydrogen) atoms. The van der Waals surface area contributed by atoms with Crippen LogP contribution < -0.4 is 0 Å². The summed E-state index contributed by atoms with van der Waals surface area (Å²) in [5.41, 5.74) is 0.729. The van der Waals surface area contributed by atoms with Crippen LogP contribution in [0.5, 0.6) is 0 Å². The monoisotopic (exact) mass is 240 g/mol. The summed E-state index contributed by atoms with van der Waals surface area (Å²) in [5.74, 6) is 0.545. The van der Waals surface area contributed by atoms with Crippen molar-refractivity contribution < 1.29 is 9.90 Å². The van der Waals surface area contributed by atoms with Gasteiger partial charge < -0.3 is 10.0 Å². The van der Waals surface area contributed by atoms with Crippen LogP contribution >= 0.6 is 11.6 Å². The van der Waals surface area contributed by atoms with Crippen LogP contribution in [0.4, 0.5) is 4.79 Å². The zero-order valence-corrected chi connectivity index (χ0v) is 9.52. The molecule has 1 heterocycles. The third-order valence-corrected chi connectivity index (χ3v) is 2.81. The third-order valence-electron chi connectivity index (χ3n) is 2.59. The Morgan fingerprint density at radius 3 is 2.81 bits per heavy atom. The second kappa shape index (κ2) is 4.70. The van der Waals surface area contributed by atoms with Gasteiger partial charge in [-0.25, -0.2) is 4.79 Å². The summed E-state index contributed by atoms with van der Waals surface area (Å²) in [6.45, 7) is 0.947. The first-order valence-corrected chi connectivity index (χ1v) is 5.61. The summed E-state index contributed by atoms with van der Waals surface area (Å²) in [6.07, 6.45) is 2.92. The van der Waals surface area contributed by atoms with Crippen LogP contribution in [0.1, 0.15) is 18.5 Å². The van der Waals surface area contributed by atoms with Crippen molar-refractivity contribution in [2.45, 2.75) is 19.4 Å². The Morgan fingerprint density at radius 1 is 1.56 bits per heavy atom. The number of hydrogen-bond acceptors (Lipinski definition) is 2. The fraction of sp³-hybridized carbons (Fsp3) is 0.455. The minimum atomic E-state index is -0.886. The number of hydrogen-bond donors (Lipinski definition) is 1. The molecule has 1 amide bonds. The van der Waals surface area contributed by atoms with Crippen molar-refractivity contribution in [2.24, 2.45) is 5.92 Å². The normalized spacial score (nSPS) is 14.8. The lowest BCUT2D eigenvalue weighted by Crippen LogP contribution is -2.31. The molecule has 0 saturated heterocycles. The van der Waals surface area contributed by atoms with E-state index in [9.17, 15) is 4.79 Å². The third kappa shape index (κ3) is 3.10. The lowest BCUT2D eigenvalue weighted by molar-refractivity contribution is 0.139. The fourth-order valence-electron chi connectivity index (χ4n) is 1.52. The highest BCUT2D eigenvalue weighted by Crippen LogP contribution is 2.30. The van der Waals surface area contributed by atoms with Crippen LogP contribution in [0.25, 0.3) is 0 Å². The van der Waals surface area contributed by atoms with Gasteiger partial charge in [0.25, 0.3) is 0 Å². The number of rotatable bonds is 4.